The zero-order valence-corrected chi connectivity index (χ0v) is 38.0. The Morgan fingerprint density at radius 3 is 1.66 bits per heavy atom. The van der Waals surface area contributed by atoms with Gasteiger partial charge < -0.3 is 30.5 Å². The third-order valence-corrected chi connectivity index (χ3v) is 12.2. The van der Waals surface area contributed by atoms with Crippen LogP contribution in [0.25, 0.3) is 21.5 Å². The Hall–Kier alpha value is -6.71. The Kier molecular flexibility index (Phi) is 15.9. The molecule has 7 rings (SSSR count). The molecule has 0 spiro atoms. The number of azo groups is 2. The molecule has 1 aromatic heterocycles. The predicted molar refractivity (Wildman–Crippen MR) is 245 cm³/mol. The van der Waals surface area contributed by atoms with Crippen molar-refractivity contribution in [1.29, 1.82) is 0 Å². The molecule has 0 radical (unpaired) electrons. The van der Waals surface area contributed by atoms with E-state index in [1.54, 1.807) is 48.5 Å². The molecule has 1 heterocycles. The van der Waals surface area contributed by atoms with Gasteiger partial charge in [0, 0.05) is 56.0 Å². The summed E-state index contributed by atoms with van der Waals surface area (Å²) in [4.78, 5) is 13.0. The van der Waals surface area contributed by atoms with Crippen molar-refractivity contribution in [3.8, 4) is 11.5 Å². The molecule has 354 valence electrons. The number of benzene rings is 6. The first-order valence-electron chi connectivity index (χ1n) is 18.9. The minimum absolute atomic E-state index is 0.0352. The number of aromatic nitrogens is 3. The summed E-state index contributed by atoms with van der Waals surface area (Å²) in [6, 6.07) is 23.8. The summed E-state index contributed by atoms with van der Waals surface area (Å²) in [7, 11) is -6.57. The van der Waals surface area contributed by atoms with Crippen LogP contribution in [-0.2, 0) is 39.0 Å². The van der Waals surface area contributed by atoms with E-state index in [4.69, 9.17) is 20.0 Å². The van der Waals surface area contributed by atoms with Gasteiger partial charge in [-0.2, -0.15) is 42.0 Å². The number of hydrogen-bond donors (Lipinski definition) is 8. The lowest BCUT2D eigenvalue weighted by Gasteiger charge is -2.13. The summed E-state index contributed by atoms with van der Waals surface area (Å²) >= 11 is 1.15. The maximum Gasteiger partial charge on any atom is 0.295 e. The van der Waals surface area contributed by atoms with E-state index in [0.717, 1.165) is 6.07 Å². The number of anilines is 5. The van der Waals surface area contributed by atoms with Gasteiger partial charge in [0.05, 0.1) is 56.3 Å². The van der Waals surface area contributed by atoms with Gasteiger partial charge in [-0.25, -0.2) is 10.5 Å². The fourth-order valence-corrected chi connectivity index (χ4v) is 8.77. The van der Waals surface area contributed by atoms with Gasteiger partial charge in [0.25, 0.3) is 20.2 Å². The van der Waals surface area contributed by atoms with Gasteiger partial charge in [0.1, 0.15) is 32.7 Å². The predicted octanol–water partition coefficient (Wildman–Crippen LogP) is 9.27. The first-order valence-corrected chi connectivity index (χ1v) is 23.3. The van der Waals surface area contributed by atoms with Crippen molar-refractivity contribution in [3.63, 3.8) is 0 Å². The number of fused-ring (bicyclic) bond motifs is 2. The van der Waals surface area contributed by atoms with Crippen LogP contribution in [0.2, 0.25) is 0 Å². The van der Waals surface area contributed by atoms with Crippen LogP contribution in [0.3, 0.4) is 0 Å². The number of aliphatic hydroxyl groups is 1. The van der Waals surface area contributed by atoms with Gasteiger partial charge in [-0.1, -0.05) is 34.3 Å². The fourth-order valence-electron chi connectivity index (χ4n) is 6.31. The second kappa shape index (κ2) is 21.9. The highest BCUT2D eigenvalue weighted by molar-refractivity contribution is 7.95. The van der Waals surface area contributed by atoms with E-state index in [1.165, 1.54) is 56.7 Å². The van der Waals surface area contributed by atoms with Crippen molar-refractivity contribution >= 4 is 118 Å². The summed E-state index contributed by atoms with van der Waals surface area (Å²) < 4.78 is 89.1. The first kappa shape index (κ1) is 49.2. The lowest BCUT2D eigenvalue weighted by atomic mass is 10.1. The number of aliphatic hydroxyl groups excluding tert-OH is 1. The Morgan fingerprint density at radius 1 is 0.574 bits per heavy atom. The molecular weight excluding hydrogens is 977 g/mol. The first-order chi connectivity index (χ1) is 32.7. The van der Waals surface area contributed by atoms with Crippen molar-refractivity contribution in [2.75, 3.05) is 43.3 Å². The molecule has 0 saturated carbocycles. The van der Waals surface area contributed by atoms with Crippen LogP contribution < -0.4 is 25.4 Å². The van der Waals surface area contributed by atoms with E-state index in [0.29, 0.717) is 51.1 Å². The molecule has 0 fully saturated rings. The van der Waals surface area contributed by atoms with E-state index in [2.05, 4.69) is 70.1 Å². The highest BCUT2D eigenvalue weighted by Gasteiger charge is 2.20. The summed E-state index contributed by atoms with van der Waals surface area (Å²) in [6.07, 6.45) is 0. The highest BCUT2D eigenvalue weighted by Crippen LogP contribution is 2.40. The van der Waals surface area contributed by atoms with Crippen molar-refractivity contribution in [2.24, 2.45) is 20.5 Å². The average Bonchev–Trinajstić information content (AvgIpc) is 3.32. The number of nitrogens with one attached hydrogen (secondary N) is 3. The third-order valence-electron chi connectivity index (χ3n) is 9.12. The van der Waals surface area contributed by atoms with Gasteiger partial charge in [0.15, 0.2) is 0 Å². The molecule has 0 amide bonds. The minimum Gasteiger partial charge on any atom is -0.494 e. The smallest absolute Gasteiger partial charge is 0.295 e. The summed E-state index contributed by atoms with van der Waals surface area (Å²) in [5.41, 5.74) is 1.51. The number of methoxy groups -OCH3 is 2. The SMILES string of the molecule is COc1cc(Nc2nc(NCCO)nc(Nc3ccc(N=Nc4cc(SOOO)c5cccc(S(=O)(=O)O)c5c4)c(OC)c3)n2)ccc1N=Nc1cc(S(=O)(=O)O)c2cccc(SOOO)c2c1. The molecule has 0 saturated heterocycles. The quantitative estimate of drug-likeness (QED) is 0.0109. The van der Waals surface area contributed by atoms with Crippen LogP contribution in [0.5, 0.6) is 11.5 Å². The van der Waals surface area contributed by atoms with E-state index in [9.17, 15) is 31.0 Å². The standard InChI is InChI=1S/C39H34N10O15S4/c1-59-31-17-21(9-11-29(31)48-46-23-16-28-25(34(19-23)66-64-62-52)5-4-8-35(28)67(53,54)55)41-38-43-37(40-13-14-50)44-39(45-38)42-22-10-12-30(32(18-22)60-2)49-47-24-15-27-26(36(20-24)68(56,57)58)6-3-7-33(27)65-63-61-51/h3-12,15-20,50-52H,13-14H2,1-2H3,(H,53,54,55)(H,56,57,58)(H3,40,41,42,43,44,45). The summed E-state index contributed by atoms with van der Waals surface area (Å²) in [5, 5.41) is 61.1. The van der Waals surface area contributed by atoms with Gasteiger partial charge in [-0.05, 0) is 66.0 Å². The van der Waals surface area contributed by atoms with Crippen LogP contribution in [0, 0.1) is 0 Å². The van der Waals surface area contributed by atoms with Gasteiger partial charge >= 0.3 is 0 Å². The average molecular weight is 1010 g/mol. The van der Waals surface area contributed by atoms with Crippen LogP contribution in [0.1, 0.15) is 0 Å². The molecule has 29 heteroatoms. The molecule has 68 heavy (non-hydrogen) atoms. The number of ether oxygens (including phenoxy) is 2. The molecule has 25 nitrogen and oxygen atoms in total. The molecular formula is C39H34N10O15S4. The van der Waals surface area contributed by atoms with Crippen LogP contribution in [0.4, 0.5) is 52.0 Å². The van der Waals surface area contributed by atoms with E-state index < -0.39 is 30.0 Å². The van der Waals surface area contributed by atoms with Crippen LogP contribution in [0.15, 0.2) is 137 Å². The lowest BCUT2D eigenvalue weighted by molar-refractivity contribution is -0.432. The number of nitrogens with zero attached hydrogens (tertiary/aromatic N) is 7. The molecule has 0 unspecified atom stereocenters. The molecule has 8 N–H and O–H groups in total. The van der Waals surface area contributed by atoms with Crippen LogP contribution in [-0.4, -0.2) is 83.9 Å². The van der Waals surface area contributed by atoms with Gasteiger partial charge in [-0.15, -0.1) is 18.9 Å². The van der Waals surface area contributed by atoms with E-state index in [1.807, 2.05) is 0 Å². The Morgan fingerprint density at radius 2 is 1.10 bits per heavy atom. The molecule has 0 aliphatic rings. The maximum absolute atomic E-state index is 12.3. The molecule has 0 aliphatic carbocycles. The maximum atomic E-state index is 12.3. The molecule has 0 bridgehead atoms. The topological polar surface area (TPSA) is 349 Å². The highest BCUT2D eigenvalue weighted by atomic mass is 32.2. The number of rotatable bonds is 21. The van der Waals surface area contributed by atoms with Gasteiger partial charge in [-0.3, -0.25) is 9.11 Å². The molecule has 7 aromatic rings. The summed E-state index contributed by atoms with van der Waals surface area (Å²) in [5.74, 6) is 0.662. The van der Waals surface area contributed by atoms with Crippen molar-refractivity contribution < 1.29 is 69.8 Å². The normalized spacial score (nSPS) is 12.0. The van der Waals surface area contributed by atoms with Crippen molar-refractivity contribution in [3.05, 3.63) is 97.1 Å². The zero-order valence-electron chi connectivity index (χ0n) is 34.7. The van der Waals surface area contributed by atoms with Crippen molar-refractivity contribution in [1.82, 2.24) is 15.0 Å². The second-order valence-electron chi connectivity index (χ2n) is 13.4. The Bertz CT molecular complexity index is 3280. The van der Waals surface area contributed by atoms with E-state index in [-0.39, 0.29) is 80.9 Å². The van der Waals surface area contributed by atoms with Crippen LogP contribution >= 0.6 is 24.1 Å². The van der Waals surface area contributed by atoms with E-state index >= 15 is 0 Å². The summed E-state index contributed by atoms with van der Waals surface area (Å²) in [6.45, 7) is -0.123. The minimum atomic E-state index is -4.72. The lowest BCUT2D eigenvalue weighted by Crippen LogP contribution is -2.12. The Labute approximate surface area is 392 Å². The third kappa shape index (κ3) is 12.1. The largest absolute Gasteiger partial charge is 0.494 e. The molecule has 0 aliphatic heterocycles. The fraction of sp³-hybridized carbons (Fsp3) is 0.103. The van der Waals surface area contributed by atoms with Gasteiger partial charge in [0.2, 0.25) is 17.8 Å². The second-order valence-corrected chi connectivity index (χ2v) is 17.6. The molecule has 6 aromatic carbocycles. The number of hydrogen-bond acceptors (Lipinski definition) is 25. The monoisotopic (exact) mass is 1010 g/mol. The van der Waals surface area contributed by atoms with Crippen molar-refractivity contribution in [2.45, 2.75) is 19.6 Å². The zero-order chi connectivity index (χ0) is 48.4. The molecule has 0 atom stereocenters. The Balaban J connectivity index is 1.13.